The zero-order valence-corrected chi connectivity index (χ0v) is 13.1. The number of hydrogen-bond acceptors (Lipinski definition) is 2. The van der Waals surface area contributed by atoms with Gasteiger partial charge < -0.3 is 10.0 Å². The van der Waals surface area contributed by atoms with E-state index >= 15 is 0 Å². The lowest BCUT2D eigenvalue weighted by molar-refractivity contribution is -0.146. The molecule has 1 atom stereocenters. The third-order valence-electron chi connectivity index (χ3n) is 5.22. The molecule has 0 aromatic heterocycles. The number of likely N-dealkylation sites (tertiary alicyclic amines) is 1. The standard InChI is InChI=1S/C18H22FNO3/c19-15-9-7-12(8-10-15)16-2-1-11-20(16)17(21)13-3-5-14(6-4-13)18(22)23/h7-10,13-14,16H,1-6,11H2,(H,22,23). The van der Waals surface area contributed by atoms with Crippen LogP contribution in [0.15, 0.2) is 24.3 Å². The van der Waals surface area contributed by atoms with Crippen LogP contribution < -0.4 is 0 Å². The van der Waals surface area contributed by atoms with E-state index in [-0.39, 0.29) is 29.6 Å². The maximum Gasteiger partial charge on any atom is 0.306 e. The molecular formula is C18H22FNO3. The fraction of sp³-hybridized carbons (Fsp3) is 0.556. The van der Waals surface area contributed by atoms with Gasteiger partial charge >= 0.3 is 5.97 Å². The molecule has 0 spiro atoms. The normalized spacial score (nSPS) is 27.9. The van der Waals surface area contributed by atoms with Gasteiger partial charge in [-0.15, -0.1) is 0 Å². The largest absolute Gasteiger partial charge is 0.481 e. The van der Waals surface area contributed by atoms with Crippen LogP contribution >= 0.6 is 0 Å². The summed E-state index contributed by atoms with van der Waals surface area (Å²) in [6.45, 7) is 0.736. The van der Waals surface area contributed by atoms with Crippen molar-refractivity contribution in [2.24, 2.45) is 11.8 Å². The lowest BCUT2D eigenvalue weighted by Gasteiger charge is -2.32. The summed E-state index contributed by atoms with van der Waals surface area (Å²) in [5.74, 6) is -1.24. The van der Waals surface area contributed by atoms with Crippen LogP contribution in [0, 0.1) is 17.7 Å². The first-order chi connectivity index (χ1) is 11.1. The maximum absolute atomic E-state index is 13.1. The number of carbonyl (C=O) groups excluding carboxylic acids is 1. The highest BCUT2D eigenvalue weighted by Gasteiger charge is 2.36. The Hall–Kier alpha value is -1.91. The molecule has 1 amide bonds. The van der Waals surface area contributed by atoms with Crippen LogP contribution in [0.25, 0.3) is 0 Å². The summed E-state index contributed by atoms with van der Waals surface area (Å²) in [4.78, 5) is 25.8. The predicted octanol–water partition coefficient (Wildman–Crippen LogP) is 3.38. The summed E-state index contributed by atoms with van der Waals surface area (Å²) >= 11 is 0. The van der Waals surface area contributed by atoms with Gasteiger partial charge in [0, 0.05) is 12.5 Å². The molecule has 1 aromatic carbocycles. The average Bonchev–Trinajstić information content (AvgIpc) is 3.04. The molecule has 1 heterocycles. The Bertz CT molecular complexity index is 578. The molecule has 1 aliphatic carbocycles. The number of carbonyl (C=O) groups is 2. The number of aliphatic carboxylic acids is 1. The second kappa shape index (κ2) is 6.69. The van der Waals surface area contributed by atoms with Crippen LogP contribution in [0.3, 0.4) is 0 Å². The van der Waals surface area contributed by atoms with Crippen LogP contribution in [0.2, 0.25) is 0 Å². The Balaban J connectivity index is 1.67. The predicted molar refractivity (Wildman–Crippen MR) is 83.2 cm³/mol. The number of rotatable bonds is 3. The Morgan fingerprint density at radius 3 is 2.22 bits per heavy atom. The summed E-state index contributed by atoms with van der Waals surface area (Å²) in [7, 11) is 0. The summed E-state index contributed by atoms with van der Waals surface area (Å²) in [5, 5.41) is 9.06. The van der Waals surface area contributed by atoms with Crippen LogP contribution in [0.1, 0.15) is 50.1 Å². The van der Waals surface area contributed by atoms with Crippen LogP contribution in [0.4, 0.5) is 4.39 Å². The minimum atomic E-state index is -0.749. The lowest BCUT2D eigenvalue weighted by Crippen LogP contribution is -2.38. The van der Waals surface area contributed by atoms with Crippen molar-refractivity contribution in [2.75, 3.05) is 6.54 Å². The van der Waals surface area contributed by atoms with Gasteiger partial charge in [-0.2, -0.15) is 0 Å². The SMILES string of the molecule is O=C(O)C1CCC(C(=O)N2CCCC2c2ccc(F)cc2)CC1. The number of carboxylic acids is 1. The third kappa shape index (κ3) is 3.38. The van der Waals surface area contributed by atoms with Crippen LogP contribution in [-0.4, -0.2) is 28.4 Å². The van der Waals surface area contributed by atoms with E-state index in [4.69, 9.17) is 5.11 Å². The van der Waals surface area contributed by atoms with E-state index in [0.29, 0.717) is 25.7 Å². The molecule has 124 valence electrons. The van der Waals surface area contributed by atoms with Gasteiger partial charge in [0.2, 0.25) is 5.91 Å². The second-order valence-corrected chi connectivity index (χ2v) is 6.63. The summed E-state index contributed by atoms with van der Waals surface area (Å²) in [6, 6.07) is 6.42. The molecule has 1 unspecified atom stereocenters. The zero-order chi connectivity index (χ0) is 16.4. The third-order valence-corrected chi connectivity index (χ3v) is 5.22. The van der Waals surface area contributed by atoms with E-state index in [9.17, 15) is 14.0 Å². The first kappa shape index (κ1) is 16.0. The molecule has 1 saturated carbocycles. The molecule has 1 aliphatic heterocycles. The lowest BCUT2D eigenvalue weighted by atomic mass is 9.81. The van der Waals surface area contributed by atoms with Gasteiger partial charge in [0.05, 0.1) is 12.0 Å². The highest BCUT2D eigenvalue weighted by atomic mass is 19.1. The Kier molecular flexibility index (Phi) is 4.64. The number of carboxylic acid groups (broad SMARTS) is 1. The molecule has 4 nitrogen and oxygen atoms in total. The summed E-state index contributed by atoms with van der Waals surface area (Å²) in [6.07, 6.45) is 4.34. The van der Waals surface area contributed by atoms with Gasteiger partial charge in [-0.1, -0.05) is 12.1 Å². The van der Waals surface area contributed by atoms with Gasteiger partial charge in [-0.3, -0.25) is 9.59 Å². The van der Waals surface area contributed by atoms with Crippen molar-refractivity contribution in [3.63, 3.8) is 0 Å². The van der Waals surface area contributed by atoms with Gasteiger partial charge in [0.15, 0.2) is 0 Å². The highest BCUT2D eigenvalue weighted by Crippen LogP contribution is 2.37. The Morgan fingerprint density at radius 1 is 1.00 bits per heavy atom. The van der Waals surface area contributed by atoms with Crippen molar-refractivity contribution in [1.29, 1.82) is 0 Å². The van der Waals surface area contributed by atoms with E-state index in [1.165, 1.54) is 12.1 Å². The van der Waals surface area contributed by atoms with Crippen molar-refractivity contribution in [3.05, 3.63) is 35.6 Å². The minimum absolute atomic E-state index is 0.0281. The Morgan fingerprint density at radius 2 is 1.61 bits per heavy atom. The van der Waals surface area contributed by atoms with Gasteiger partial charge in [-0.05, 0) is 56.2 Å². The van der Waals surface area contributed by atoms with Crippen LogP contribution in [0.5, 0.6) is 0 Å². The van der Waals surface area contributed by atoms with E-state index in [1.807, 2.05) is 4.90 Å². The highest BCUT2D eigenvalue weighted by molar-refractivity contribution is 5.80. The molecule has 3 rings (SSSR count). The number of amides is 1. The monoisotopic (exact) mass is 319 g/mol. The fourth-order valence-corrected chi connectivity index (χ4v) is 3.88. The number of hydrogen-bond donors (Lipinski definition) is 1. The van der Waals surface area contributed by atoms with Gasteiger partial charge in [0.25, 0.3) is 0 Å². The summed E-state index contributed by atoms with van der Waals surface area (Å²) < 4.78 is 13.1. The quantitative estimate of drug-likeness (QED) is 0.929. The molecule has 0 bridgehead atoms. The molecule has 1 N–H and O–H groups in total. The summed E-state index contributed by atoms with van der Waals surface area (Å²) in [5.41, 5.74) is 0.983. The molecule has 23 heavy (non-hydrogen) atoms. The van der Waals surface area contributed by atoms with E-state index in [2.05, 4.69) is 0 Å². The fourth-order valence-electron chi connectivity index (χ4n) is 3.88. The smallest absolute Gasteiger partial charge is 0.306 e. The first-order valence-electron chi connectivity index (χ1n) is 8.35. The van der Waals surface area contributed by atoms with Crippen molar-refractivity contribution in [3.8, 4) is 0 Å². The van der Waals surface area contributed by atoms with Gasteiger partial charge in [0.1, 0.15) is 5.82 Å². The van der Waals surface area contributed by atoms with Gasteiger partial charge in [-0.25, -0.2) is 4.39 Å². The van der Waals surface area contributed by atoms with E-state index in [0.717, 1.165) is 24.9 Å². The zero-order valence-electron chi connectivity index (χ0n) is 13.1. The Labute approximate surface area is 135 Å². The topological polar surface area (TPSA) is 57.6 Å². The van der Waals surface area contributed by atoms with Crippen molar-refractivity contribution >= 4 is 11.9 Å². The number of nitrogens with zero attached hydrogens (tertiary/aromatic N) is 1. The molecule has 0 radical (unpaired) electrons. The average molecular weight is 319 g/mol. The molecular weight excluding hydrogens is 297 g/mol. The van der Waals surface area contributed by atoms with Crippen molar-refractivity contribution in [1.82, 2.24) is 4.90 Å². The van der Waals surface area contributed by atoms with Crippen molar-refractivity contribution in [2.45, 2.75) is 44.6 Å². The molecule has 5 heteroatoms. The molecule has 1 saturated heterocycles. The van der Waals surface area contributed by atoms with E-state index < -0.39 is 5.97 Å². The van der Waals surface area contributed by atoms with Crippen molar-refractivity contribution < 1.29 is 19.1 Å². The van der Waals surface area contributed by atoms with E-state index in [1.54, 1.807) is 12.1 Å². The second-order valence-electron chi connectivity index (χ2n) is 6.63. The molecule has 1 aromatic rings. The molecule has 2 fully saturated rings. The number of benzene rings is 1. The first-order valence-corrected chi connectivity index (χ1v) is 8.35. The number of halogens is 1. The van der Waals surface area contributed by atoms with Crippen LogP contribution in [-0.2, 0) is 9.59 Å². The minimum Gasteiger partial charge on any atom is -0.481 e. The molecule has 2 aliphatic rings. The maximum atomic E-state index is 13.1.